The minimum atomic E-state index is -4.49. The number of aliphatic hydroxyl groups is 1. The Labute approximate surface area is 200 Å². The number of hydrogen-bond acceptors (Lipinski definition) is 2. The Kier molecular flexibility index (Phi) is 5.75. The van der Waals surface area contributed by atoms with Crippen LogP contribution in [0.4, 0.5) is 13.2 Å². The summed E-state index contributed by atoms with van der Waals surface area (Å²) in [5.41, 5.74) is 0.501. The van der Waals surface area contributed by atoms with Gasteiger partial charge in [0.25, 0.3) is 0 Å². The normalized spacial score (nSPS) is 39.1. The van der Waals surface area contributed by atoms with E-state index in [4.69, 9.17) is 0 Å². The molecular formula is C29H33F3O2. The molecule has 4 aliphatic rings. The van der Waals surface area contributed by atoms with Crippen molar-refractivity contribution in [2.24, 2.45) is 34.5 Å². The summed E-state index contributed by atoms with van der Waals surface area (Å²) in [7, 11) is 0. The molecule has 0 saturated heterocycles. The standard InChI is InChI=1S/C29H33F3O2/c1-27-15-13-20(33)17-19(27)8-9-21-23-10-11-25(28(23,2)16-14-24(21)27)26(34)12-7-18-5-3-4-6-22(18)29(30,31)32/h3-6,8,20-21,23-25,33H,9-11,13-17H2,1-2H3/t20-,21-,23-,24-,25+,27-,28-/m0/s1. The quantitative estimate of drug-likeness (QED) is 0.373. The minimum Gasteiger partial charge on any atom is -0.393 e. The van der Waals surface area contributed by atoms with Gasteiger partial charge in [0, 0.05) is 11.5 Å². The maximum Gasteiger partial charge on any atom is 0.417 e. The monoisotopic (exact) mass is 470 g/mol. The highest BCUT2D eigenvalue weighted by Crippen LogP contribution is 2.66. The second kappa shape index (κ2) is 8.26. The Bertz CT molecular complexity index is 1080. The molecule has 7 atom stereocenters. The molecule has 4 aliphatic carbocycles. The van der Waals surface area contributed by atoms with Gasteiger partial charge in [0.05, 0.1) is 11.7 Å². The van der Waals surface area contributed by atoms with Crippen LogP contribution >= 0.6 is 0 Å². The maximum absolute atomic E-state index is 13.3. The lowest BCUT2D eigenvalue weighted by atomic mass is 9.47. The van der Waals surface area contributed by atoms with Crippen LogP contribution < -0.4 is 0 Å². The highest BCUT2D eigenvalue weighted by molar-refractivity contribution is 5.98. The summed E-state index contributed by atoms with van der Waals surface area (Å²) < 4.78 is 39.9. The van der Waals surface area contributed by atoms with Gasteiger partial charge in [-0.1, -0.05) is 43.5 Å². The number of fused-ring (bicyclic) bond motifs is 5. The number of carbonyl (C=O) groups excluding carboxylic acids is 1. The number of ketones is 1. The molecular weight excluding hydrogens is 437 g/mol. The molecule has 0 radical (unpaired) electrons. The van der Waals surface area contributed by atoms with Crippen molar-refractivity contribution in [1.29, 1.82) is 0 Å². The SMILES string of the molecule is C[C@]12CC[C@H]3[C@@H](CC=C4C[C@@H](O)CC[C@@]43C)[C@@H]1CC[C@@H]2C(=O)C#Cc1ccccc1C(F)(F)F. The van der Waals surface area contributed by atoms with Crippen LogP contribution in [0.3, 0.4) is 0 Å². The third-order valence-electron chi connectivity index (χ3n) is 9.95. The highest BCUT2D eigenvalue weighted by atomic mass is 19.4. The zero-order valence-electron chi connectivity index (χ0n) is 19.9. The van der Waals surface area contributed by atoms with Gasteiger partial charge in [0.1, 0.15) is 0 Å². The summed E-state index contributed by atoms with van der Waals surface area (Å²) in [6, 6.07) is 5.21. The van der Waals surface area contributed by atoms with Crippen LogP contribution in [0.5, 0.6) is 0 Å². The first-order chi connectivity index (χ1) is 16.0. The summed E-state index contributed by atoms with van der Waals surface area (Å²) in [4.78, 5) is 13.2. The fraction of sp³-hybridized carbons (Fsp3) is 0.621. The fourth-order valence-electron chi connectivity index (χ4n) is 8.13. The van der Waals surface area contributed by atoms with Gasteiger partial charge in [-0.3, -0.25) is 4.79 Å². The number of rotatable bonds is 1. The number of allylic oxidation sites excluding steroid dienone is 1. The van der Waals surface area contributed by atoms with E-state index in [0.29, 0.717) is 17.8 Å². The van der Waals surface area contributed by atoms with Gasteiger partial charge in [0.15, 0.2) is 0 Å². The van der Waals surface area contributed by atoms with Gasteiger partial charge < -0.3 is 5.11 Å². The number of aliphatic hydroxyl groups excluding tert-OH is 1. The Morgan fingerprint density at radius 3 is 2.59 bits per heavy atom. The van der Waals surface area contributed by atoms with E-state index >= 15 is 0 Å². The third-order valence-corrected chi connectivity index (χ3v) is 9.95. The fourth-order valence-corrected chi connectivity index (χ4v) is 8.13. The summed E-state index contributed by atoms with van der Waals surface area (Å²) >= 11 is 0. The molecule has 34 heavy (non-hydrogen) atoms. The average Bonchev–Trinajstić information content (AvgIpc) is 3.15. The van der Waals surface area contributed by atoms with Crippen molar-refractivity contribution in [3.05, 3.63) is 47.0 Å². The molecule has 5 heteroatoms. The molecule has 2 nitrogen and oxygen atoms in total. The topological polar surface area (TPSA) is 37.3 Å². The molecule has 3 fully saturated rings. The molecule has 0 amide bonds. The van der Waals surface area contributed by atoms with Crippen LogP contribution in [0.1, 0.15) is 76.3 Å². The highest BCUT2D eigenvalue weighted by Gasteiger charge is 2.59. The van der Waals surface area contributed by atoms with Gasteiger partial charge in [-0.25, -0.2) is 0 Å². The summed E-state index contributed by atoms with van der Waals surface area (Å²) in [5, 5.41) is 10.2. The number of benzene rings is 1. The number of alkyl halides is 3. The van der Waals surface area contributed by atoms with E-state index in [-0.39, 0.29) is 34.2 Å². The van der Waals surface area contributed by atoms with Crippen LogP contribution in [0.15, 0.2) is 35.9 Å². The van der Waals surface area contributed by atoms with Crippen molar-refractivity contribution in [3.63, 3.8) is 0 Å². The van der Waals surface area contributed by atoms with Crippen molar-refractivity contribution in [2.75, 3.05) is 0 Å². The Balaban J connectivity index is 1.38. The van der Waals surface area contributed by atoms with E-state index in [1.165, 1.54) is 23.8 Å². The lowest BCUT2D eigenvalue weighted by molar-refractivity contribution is -0.137. The zero-order valence-corrected chi connectivity index (χ0v) is 19.9. The molecule has 0 aromatic heterocycles. The maximum atomic E-state index is 13.3. The van der Waals surface area contributed by atoms with Crippen molar-refractivity contribution < 1.29 is 23.1 Å². The number of halogens is 3. The van der Waals surface area contributed by atoms with Crippen molar-refractivity contribution in [1.82, 2.24) is 0 Å². The molecule has 0 heterocycles. The molecule has 5 rings (SSSR count). The lowest BCUT2D eigenvalue weighted by Crippen LogP contribution is -2.51. The molecule has 3 saturated carbocycles. The first-order valence-electron chi connectivity index (χ1n) is 12.6. The van der Waals surface area contributed by atoms with E-state index in [1.807, 2.05) is 0 Å². The van der Waals surface area contributed by atoms with Gasteiger partial charge in [-0.05, 0) is 98.0 Å². The van der Waals surface area contributed by atoms with Crippen molar-refractivity contribution in [2.45, 2.75) is 77.5 Å². The number of Topliss-reactive ketones (excluding diaryl/α,β-unsaturated/α-hetero) is 1. The van der Waals surface area contributed by atoms with E-state index < -0.39 is 11.7 Å². The van der Waals surface area contributed by atoms with Crippen LogP contribution in [0.2, 0.25) is 0 Å². The van der Waals surface area contributed by atoms with Gasteiger partial charge >= 0.3 is 6.18 Å². The van der Waals surface area contributed by atoms with Gasteiger partial charge in [-0.2, -0.15) is 13.2 Å². The molecule has 1 aromatic carbocycles. The average molecular weight is 471 g/mol. The predicted octanol–water partition coefficient (Wildman–Crippen LogP) is 6.57. The van der Waals surface area contributed by atoms with Crippen LogP contribution in [0, 0.1) is 46.3 Å². The van der Waals surface area contributed by atoms with Gasteiger partial charge in [-0.15, -0.1) is 0 Å². The summed E-state index contributed by atoms with van der Waals surface area (Å²) in [6.45, 7) is 4.60. The first-order valence-corrected chi connectivity index (χ1v) is 12.6. The molecule has 0 spiro atoms. The number of carbonyl (C=O) groups is 1. The third kappa shape index (κ3) is 3.73. The van der Waals surface area contributed by atoms with E-state index in [0.717, 1.165) is 57.4 Å². The smallest absolute Gasteiger partial charge is 0.393 e. The van der Waals surface area contributed by atoms with Crippen LogP contribution in [-0.2, 0) is 11.0 Å². The van der Waals surface area contributed by atoms with E-state index in [2.05, 4.69) is 31.8 Å². The van der Waals surface area contributed by atoms with Crippen molar-refractivity contribution >= 4 is 5.78 Å². The zero-order chi connectivity index (χ0) is 24.3. The molecule has 0 unspecified atom stereocenters. The predicted molar refractivity (Wildman–Crippen MR) is 125 cm³/mol. The van der Waals surface area contributed by atoms with E-state index in [9.17, 15) is 23.1 Å². The van der Waals surface area contributed by atoms with Crippen LogP contribution in [0.25, 0.3) is 0 Å². The summed E-state index contributed by atoms with van der Waals surface area (Å²) in [6.07, 6.45) is 5.12. The molecule has 1 N–H and O–H groups in total. The molecule has 0 aliphatic heterocycles. The lowest BCUT2D eigenvalue weighted by Gasteiger charge is -2.57. The largest absolute Gasteiger partial charge is 0.417 e. The summed E-state index contributed by atoms with van der Waals surface area (Å²) in [5.74, 6) is 6.29. The van der Waals surface area contributed by atoms with E-state index in [1.54, 1.807) is 0 Å². The van der Waals surface area contributed by atoms with Crippen molar-refractivity contribution in [3.8, 4) is 11.8 Å². The Morgan fingerprint density at radius 2 is 1.82 bits per heavy atom. The Hall–Kier alpha value is -2.06. The second-order valence-corrected chi connectivity index (χ2v) is 11.5. The molecule has 1 aromatic rings. The van der Waals surface area contributed by atoms with Gasteiger partial charge in [0.2, 0.25) is 5.78 Å². The molecule has 182 valence electrons. The number of hydrogen-bond donors (Lipinski definition) is 1. The van der Waals surface area contributed by atoms with Crippen LogP contribution in [-0.4, -0.2) is 17.0 Å². The Morgan fingerprint density at radius 1 is 1.06 bits per heavy atom. The molecule has 0 bridgehead atoms. The first kappa shape index (κ1) is 23.7. The second-order valence-electron chi connectivity index (χ2n) is 11.5. The minimum absolute atomic E-state index is 0.135.